The number of hydrogen-bond acceptors (Lipinski definition) is 3. The Morgan fingerprint density at radius 3 is 2.44 bits per heavy atom. The van der Waals surface area contributed by atoms with Gasteiger partial charge in [0, 0.05) is 44.3 Å². The summed E-state index contributed by atoms with van der Waals surface area (Å²) >= 11 is 0. The maximum atomic E-state index is 14.5. The largest absolute Gasteiger partial charge is 0.345 e. The summed E-state index contributed by atoms with van der Waals surface area (Å²) in [4.78, 5) is 18.1. The summed E-state index contributed by atoms with van der Waals surface area (Å²) in [6.07, 6.45) is 6.16. The van der Waals surface area contributed by atoms with Gasteiger partial charge < -0.3 is 20.1 Å². The normalized spacial score (nSPS) is 16.7. The molecular weight excluding hydrogens is 498 g/mol. The molecule has 0 radical (unpaired) electrons. The molecule has 3 aromatic rings. The first-order valence-electron chi connectivity index (χ1n) is 12.6. The highest BCUT2D eigenvalue weighted by Crippen LogP contribution is 2.32. The molecule has 3 heterocycles. The zero-order chi connectivity index (χ0) is 23.7. The fourth-order valence-corrected chi connectivity index (χ4v) is 5.75. The van der Waals surface area contributed by atoms with Crippen LogP contribution in [0.25, 0.3) is 10.9 Å². The van der Waals surface area contributed by atoms with E-state index >= 15 is 0 Å². The number of rotatable bonds is 6. The quantitative estimate of drug-likeness (QED) is 0.453. The van der Waals surface area contributed by atoms with E-state index in [1.54, 1.807) is 6.07 Å². The van der Waals surface area contributed by atoms with E-state index in [9.17, 15) is 9.18 Å². The molecule has 196 valence electrons. The van der Waals surface area contributed by atoms with Gasteiger partial charge >= 0.3 is 0 Å². The van der Waals surface area contributed by atoms with Crippen LogP contribution in [0.5, 0.6) is 0 Å². The van der Waals surface area contributed by atoms with Gasteiger partial charge in [0.05, 0.1) is 11.1 Å². The summed E-state index contributed by atoms with van der Waals surface area (Å²) in [5, 5.41) is 1.04. The van der Waals surface area contributed by atoms with Crippen LogP contribution in [0, 0.1) is 12.7 Å². The fraction of sp³-hybridized carbons (Fsp3) is 0.464. The zero-order valence-corrected chi connectivity index (χ0v) is 22.6. The molecule has 0 aliphatic carbocycles. The van der Waals surface area contributed by atoms with E-state index in [1.807, 2.05) is 17.0 Å². The van der Waals surface area contributed by atoms with E-state index in [-0.39, 0.29) is 42.5 Å². The molecule has 1 aromatic heterocycles. The Kier molecular flexibility index (Phi) is 9.81. The minimum Gasteiger partial charge on any atom is -0.345 e. The third-order valence-electron chi connectivity index (χ3n) is 7.70. The van der Waals surface area contributed by atoms with Crippen molar-refractivity contribution in [2.24, 2.45) is 5.73 Å². The number of carbonyl (C=O) groups excluding carboxylic acids is 1. The van der Waals surface area contributed by atoms with Crippen molar-refractivity contribution in [1.29, 1.82) is 0 Å². The molecular formula is C28H37Cl2FN4O. The number of aryl methyl sites for hydroxylation is 1. The molecule has 2 fully saturated rings. The van der Waals surface area contributed by atoms with Crippen molar-refractivity contribution in [1.82, 2.24) is 14.4 Å². The smallest absolute Gasteiger partial charge is 0.256 e. The minimum absolute atomic E-state index is 0. The highest BCUT2D eigenvalue weighted by atomic mass is 35.5. The maximum Gasteiger partial charge on any atom is 0.256 e. The Morgan fingerprint density at radius 1 is 1.03 bits per heavy atom. The van der Waals surface area contributed by atoms with Gasteiger partial charge in [0.1, 0.15) is 5.82 Å². The third-order valence-corrected chi connectivity index (χ3v) is 7.70. The fourth-order valence-electron chi connectivity index (χ4n) is 5.75. The summed E-state index contributed by atoms with van der Waals surface area (Å²) in [5.41, 5.74) is 10.6. The van der Waals surface area contributed by atoms with Gasteiger partial charge in [-0.05, 0) is 74.4 Å². The van der Waals surface area contributed by atoms with Crippen molar-refractivity contribution < 1.29 is 9.18 Å². The molecule has 8 heteroatoms. The molecule has 5 rings (SSSR count). The van der Waals surface area contributed by atoms with Gasteiger partial charge in [-0.15, -0.1) is 24.8 Å². The second kappa shape index (κ2) is 12.4. The molecule has 2 saturated heterocycles. The van der Waals surface area contributed by atoms with Crippen molar-refractivity contribution in [3.05, 3.63) is 70.7 Å². The van der Waals surface area contributed by atoms with Crippen LogP contribution in [0.15, 0.2) is 42.6 Å². The summed E-state index contributed by atoms with van der Waals surface area (Å²) in [6, 6.07) is 11.4. The van der Waals surface area contributed by atoms with E-state index in [4.69, 9.17) is 5.73 Å². The second-order valence-corrected chi connectivity index (χ2v) is 9.88. The van der Waals surface area contributed by atoms with Crippen LogP contribution in [-0.2, 0) is 13.1 Å². The Hall–Kier alpha value is -2.12. The number of benzene rings is 2. The van der Waals surface area contributed by atoms with Crippen molar-refractivity contribution in [2.75, 3.05) is 32.7 Å². The molecule has 0 bridgehead atoms. The number of halogens is 3. The molecule has 0 saturated carbocycles. The van der Waals surface area contributed by atoms with Gasteiger partial charge in [0.25, 0.3) is 5.91 Å². The highest BCUT2D eigenvalue weighted by Gasteiger charge is 2.28. The van der Waals surface area contributed by atoms with Gasteiger partial charge in [-0.3, -0.25) is 4.79 Å². The van der Waals surface area contributed by atoms with Crippen LogP contribution in [-0.4, -0.2) is 53.0 Å². The predicted octanol–water partition coefficient (Wildman–Crippen LogP) is 5.51. The van der Waals surface area contributed by atoms with Crippen LogP contribution in [0.3, 0.4) is 0 Å². The number of amides is 1. The number of hydrogen-bond donors (Lipinski definition) is 1. The van der Waals surface area contributed by atoms with E-state index in [2.05, 4.69) is 34.7 Å². The van der Waals surface area contributed by atoms with E-state index in [0.717, 1.165) is 48.0 Å². The van der Waals surface area contributed by atoms with Crippen molar-refractivity contribution in [3.8, 4) is 0 Å². The zero-order valence-electron chi connectivity index (χ0n) is 20.9. The number of nitrogens with two attached hydrogens (primary N) is 1. The first-order chi connectivity index (χ1) is 16.5. The summed E-state index contributed by atoms with van der Waals surface area (Å²) in [5.74, 6) is 0.0447. The number of nitrogens with zero attached hydrogens (tertiary/aromatic N) is 3. The average Bonchev–Trinajstić information content (AvgIpc) is 3.51. The Bertz CT molecular complexity index is 1180. The molecule has 2 aromatic carbocycles. The molecule has 2 aliphatic rings. The Morgan fingerprint density at radius 2 is 1.75 bits per heavy atom. The van der Waals surface area contributed by atoms with Crippen LogP contribution in [0.2, 0.25) is 0 Å². The van der Waals surface area contributed by atoms with Crippen molar-refractivity contribution in [2.45, 2.75) is 51.6 Å². The number of likely N-dealkylation sites (tertiary alicyclic amines) is 2. The van der Waals surface area contributed by atoms with Crippen LogP contribution < -0.4 is 5.73 Å². The molecule has 1 amide bonds. The average molecular weight is 536 g/mol. The monoisotopic (exact) mass is 534 g/mol. The van der Waals surface area contributed by atoms with Gasteiger partial charge in [-0.2, -0.15) is 0 Å². The van der Waals surface area contributed by atoms with Crippen LogP contribution in [0.4, 0.5) is 4.39 Å². The van der Waals surface area contributed by atoms with Gasteiger partial charge in [-0.1, -0.05) is 30.3 Å². The number of carbonyl (C=O) groups is 1. The van der Waals surface area contributed by atoms with Gasteiger partial charge in [0.2, 0.25) is 0 Å². The SMILES string of the molecule is Cc1cccc2c(C(=O)N3CCC(c4cc(CN)ccc4F)CC3)cn(CCN3CCCC3)c12.Cl.Cl. The molecule has 36 heavy (non-hydrogen) atoms. The third kappa shape index (κ3) is 5.72. The lowest BCUT2D eigenvalue weighted by atomic mass is 9.88. The topological polar surface area (TPSA) is 54.5 Å². The number of piperidine rings is 1. The lowest BCUT2D eigenvalue weighted by molar-refractivity contribution is 0.0714. The molecule has 2 N–H and O–H groups in total. The predicted molar refractivity (Wildman–Crippen MR) is 149 cm³/mol. The van der Waals surface area contributed by atoms with Crippen molar-refractivity contribution >= 4 is 41.6 Å². The Balaban J connectivity index is 0.00000180. The molecule has 2 aliphatic heterocycles. The van der Waals surface area contributed by atoms with Crippen LogP contribution >= 0.6 is 24.8 Å². The molecule has 0 atom stereocenters. The van der Waals surface area contributed by atoms with Gasteiger partial charge in [0.15, 0.2) is 0 Å². The molecule has 0 unspecified atom stereocenters. The maximum absolute atomic E-state index is 14.5. The number of aromatic nitrogens is 1. The summed E-state index contributed by atoms with van der Waals surface area (Å²) < 4.78 is 16.8. The minimum atomic E-state index is -0.168. The van der Waals surface area contributed by atoms with Crippen LogP contribution in [0.1, 0.15) is 58.6 Å². The standard InChI is InChI=1S/C28H35FN4O.2ClH/c1-20-5-4-6-23-25(19-33(27(20)23)16-15-31-11-2-3-12-31)28(34)32-13-9-22(10-14-32)24-17-21(18-30)7-8-26(24)29;;/h4-8,17,19,22H,2-3,9-16,18,30H2,1H3;2*1H. The summed E-state index contributed by atoms with van der Waals surface area (Å²) in [6.45, 7) is 8.08. The number of fused-ring (bicyclic) bond motifs is 1. The molecule has 0 spiro atoms. The first-order valence-corrected chi connectivity index (χ1v) is 12.6. The van der Waals surface area contributed by atoms with Crippen molar-refractivity contribution in [3.63, 3.8) is 0 Å². The highest BCUT2D eigenvalue weighted by molar-refractivity contribution is 6.07. The lowest BCUT2D eigenvalue weighted by Crippen LogP contribution is -2.38. The van der Waals surface area contributed by atoms with E-state index < -0.39 is 0 Å². The lowest BCUT2D eigenvalue weighted by Gasteiger charge is -2.32. The molecule has 5 nitrogen and oxygen atoms in total. The van der Waals surface area contributed by atoms with E-state index in [0.29, 0.717) is 19.6 Å². The van der Waals surface area contributed by atoms with Gasteiger partial charge in [-0.25, -0.2) is 4.39 Å². The summed E-state index contributed by atoms with van der Waals surface area (Å²) in [7, 11) is 0. The van der Waals surface area contributed by atoms with E-state index in [1.165, 1.54) is 43.1 Å². The second-order valence-electron chi connectivity index (χ2n) is 9.88. The Labute approximate surface area is 225 Å². The number of para-hydroxylation sites is 1. The first kappa shape index (κ1) is 28.5.